The van der Waals surface area contributed by atoms with Crippen molar-refractivity contribution in [2.45, 2.75) is 37.7 Å². The lowest BCUT2D eigenvalue weighted by molar-refractivity contribution is 0.0978. The van der Waals surface area contributed by atoms with Gasteiger partial charge in [0.05, 0.1) is 25.2 Å². The van der Waals surface area contributed by atoms with Crippen molar-refractivity contribution in [3.8, 4) is 11.5 Å². The Morgan fingerprint density at radius 2 is 1.73 bits per heavy atom. The number of methoxy groups -OCH3 is 2. The molecular formula is C28H38N4O6S2. The number of thiazole rings is 1. The highest BCUT2D eigenvalue weighted by molar-refractivity contribution is 7.89. The summed E-state index contributed by atoms with van der Waals surface area (Å²) < 4.78 is 45.1. The molecule has 1 unspecified atom stereocenters. The predicted molar refractivity (Wildman–Crippen MR) is 157 cm³/mol. The maximum Gasteiger partial charge on any atom is 0.260 e. The van der Waals surface area contributed by atoms with Gasteiger partial charge in [0.25, 0.3) is 5.91 Å². The summed E-state index contributed by atoms with van der Waals surface area (Å²) in [5, 5.41) is 0.517. The molecule has 4 rings (SSSR count). The van der Waals surface area contributed by atoms with Crippen molar-refractivity contribution in [1.82, 2.24) is 14.2 Å². The van der Waals surface area contributed by atoms with Gasteiger partial charge in [-0.1, -0.05) is 25.2 Å². The van der Waals surface area contributed by atoms with E-state index in [0.29, 0.717) is 54.0 Å². The second-order valence-electron chi connectivity index (χ2n) is 9.57. The minimum atomic E-state index is -3.72. The highest BCUT2D eigenvalue weighted by atomic mass is 32.2. The van der Waals surface area contributed by atoms with E-state index in [4.69, 9.17) is 19.2 Å². The summed E-state index contributed by atoms with van der Waals surface area (Å²) in [4.78, 5) is 22.7. The van der Waals surface area contributed by atoms with Gasteiger partial charge in [-0.25, -0.2) is 13.4 Å². The van der Waals surface area contributed by atoms with Gasteiger partial charge in [-0.2, -0.15) is 4.31 Å². The molecule has 1 fully saturated rings. The molecule has 2 heterocycles. The molecule has 1 atom stereocenters. The van der Waals surface area contributed by atoms with Gasteiger partial charge < -0.3 is 19.1 Å². The van der Waals surface area contributed by atoms with Crippen LogP contribution in [0.2, 0.25) is 0 Å². The third-order valence-corrected chi connectivity index (χ3v) is 10.1. The Balaban J connectivity index is 1.63. The van der Waals surface area contributed by atoms with E-state index in [0.717, 1.165) is 30.6 Å². The zero-order valence-electron chi connectivity index (χ0n) is 23.8. The molecule has 10 nitrogen and oxygen atoms in total. The van der Waals surface area contributed by atoms with Crippen molar-refractivity contribution in [3.63, 3.8) is 0 Å². The van der Waals surface area contributed by atoms with E-state index in [1.165, 1.54) is 27.8 Å². The Labute approximate surface area is 240 Å². The molecule has 218 valence electrons. The first-order valence-corrected chi connectivity index (χ1v) is 15.7. The number of likely N-dealkylation sites (N-methyl/N-ethyl adjacent to an activating group) is 2. The summed E-state index contributed by atoms with van der Waals surface area (Å²) in [5.74, 6) is 0.981. The number of fused-ring (bicyclic) bond motifs is 1. The van der Waals surface area contributed by atoms with Crippen LogP contribution in [0.1, 0.15) is 37.0 Å². The maximum absolute atomic E-state index is 13.9. The standard InChI is InChI=1S/C28H38N4O6S2/c1-6-31(7-2)16-17-32(28-29-25-23(36-4)14-15-24(37-5)26(25)39-28)27(33)20-10-12-22(13-11-20)40(34,35)30(3)19-21-9-8-18-38-21/h10-15,21H,6-9,16-19H2,1-5H3. The molecule has 2 aromatic carbocycles. The van der Waals surface area contributed by atoms with E-state index in [9.17, 15) is 13.2 Å². The molecule has 0 bridgehead atoms. The Hall–Kier alpha value is -2.77. The minimum Gasteiger partial charge on any atom is -0.495 e. The number of carbonyl (C=O) groups excluding carboxylic acids is 1. The molecule has 1 aromatic heterocycles. The molecule has 12 heteroatoms. The number of ether oxygens (including phenoxy) is 3. The zero-order valence-corrected chi connectivity index (χ0v) is 25.4. The van der Waals surface area contributed by atoms with E-state index < -0.39 is 10.0 Å². The molecule has 0 saturated carbocycles. The molecule has 40 heavy (non-hydrogen) atoms. The van der Waals surface area contributed by atoms with Crippen LogP contribution in [0.5, 0.6) is 11.5 Å². The van der Waals surface area contributed by atoms with Gasteiger partial charge >= 0.3 is 0 Å². The monoisotopic (exact) mass is 590 g/mol. The Morgan fingerprint density at radius 3 is 2.33 bits per heavy atom. The lowest BCUT2D eigenvalue weighted by Crippen LogP contribution is -2.39. The van der Waals surface area contributed by atoms with Gasteiger partial charge in [-0.3, -0.25) is 9.69 Å². The average molecular weight is 591 g/mol. The number of benzene rings is 2. The summed E-state index contributed by atoms with van der Waals surface area (Å²) in [6.45, 7) is 7.90. The SMILES string of the molecule is CCN(CC)CCN(C(=O)c1ccc(S(=O)(=O)N(C)CC2CCCO2)cc1)c1nc2c(OC)ccc(OC)c2s1. The Bertz CT molecular complexity index is 1360. The minimum absolute atomic E-state index is 0.0916. The van der Waals surface area contributed by atoms with Gasteiger partial charge in [-0.15, -0.1) is 0 Å². The van der Waals surface area contributed by atoms with E-state index in [2.05, 4.69) is 18.7 Å². The molecular weight excluding hydrogens is 552 g/mol. The molecule has 0 N–H and O–H groups in total. The van der Waals surface area contributed by atoms with E-state index in [1.54, 1.807) is 44.4 Å². The van der Waals surface area contributed by atoms with Crippen LogP contribution >= 0.6 is 11.3 Å². The van der Waals surface area contributed by atoms with Crippen LogP contribution in [0.25, 0.3) is 10.2 Å². The lowest BCUT2D eigenvalue weighted by Gasteiger charge is -2.25. The summed E-state index contributed by atoms with van der Waals surface area (Å²) in [5.41, 5.74) is 0.997. The van der Waals surface area contributed by atoms with Crippen molar-refractivity contribution in [3.05, 3.63) is 42.0 Å². The lowest BCUT2D eigenvalue weighted by atomic mass is 10.2. The highest BCUT2D eigenvalue weighted by Gasteiger charge is 2.28. The number of rotatable bonds is 13. The molecule has 0 radical (unpaired) electrons. The first kappa shape index (κ1) is 30.2. The second-order valence-corrected chi connectivity index (χ2v) is 12.6. The third-order valence-electron chi connectivity index (χ3n) is 7.20. The normalized spacial score (nSPS) is 15.7. The molecule has 1 saturated heterocycles. The van der Waals surface area contributed by atoms with Gasteiger partial charge in [0.15, 0.2) is 5.13 Å². The summed E-state index contributed by atoms with van der Waals surface area (Å²) in [6, 6.07) is 9.72. The van der Waals surface area contributed by atoms with Crippen molar-refractivity contribution in [2.24, 2.45) is 0 Å². The molecule has 1 aliphatic heterocycles. The molecule has 1 amide bonds. The van der Waals surface area contributed by atoms with Crippen LogP contribution in [-0.2, 0) is 14.8 Å². The number of aromatic nitrogens is 1. The van der Waals surface area contributed by atoms with Gasteiger partial charge in [-0.05, 0) is 62.3 Å². The fourth-order valence-corrected chi connectivity index (χ4v) is 7.03. The van der Waals surface area contributed by atoms with Crippen molar-refractivity contribution >= 4 is 42.6 Å². The topological polar surface area (TPSA) is 102 Å². The fourth-order valence-electron chi connectivity index (χ4n) is 4.73. The van der Waals surface area contributed by atoms with Gasteiger partial charge in [0, 0.05) is 38.9 Å². The summed E-state index contributed by atoms with van der Waals surface area (Å²) in [7, 11) is 1.01. The second kappa shape index (κ2) is 13.3. The van der Waals surface area contributed by atoms with Gasteiger partial charge in [0.1, 0.15) is 21.7 Å². The molecule has 0 aliphatic carbocycles. The fraction of sp³-hybridized carbons (Fsp3) is 0.500. The van der Waals surface area contributed by atoms with Crippen LogP contribution in [0.3, 0.4) is 0 Å². The average Bonchev–Trinajstić information content (AvgIpc) is 3.65. The van der Waals surface area contributed by atoms with Crippen molar-refractivity contribution in [2.75, 3.05) is 65.5 Å². The number of nitrogens with zero attached hydrogens (tertiary/aromatic N) is 4. The Kier molecular flexibility index (Phi) is 10.0. The number of sulfonamides is 1. The first-order valence-electron chi connectivity index (χ1n) is 13.5. The molecule has 3 aromatic rings. The van der Waals surface area contributed by atoms with Crippen LogP contribution < -0.4 is 14.4 Å². The highest BCUT2D eigenvalue weighted by Crippen LogP contribution is 2.40. The molecule has 1 aliphatic rings. The van der Waals surface area contributed by atoms with E-state index in [1.807, 2.05) is 6.07 Å². The van der Waals surface area contributed by atoms with Crippen LogP contribution in [0.15, 0.2) is 41.3 Å². The summed E-state index contributed by atoms with van der Waals surface area (Å²) in [6.07, 6.45) is 1.69. The number of hydrogen-bond acceptors (Lipinski definition) is 9. The number of anilines is 1. The van der Waals surface area contributed by atoms with Crippen LogP contribution in [0, 0.1) is 0 Å². The first-order chi connectivity index (χ1) is 19.2. The number of carbonyl (C=O) groups is 1. The third kappa shape index (κ3) is 6.41. The summed E-state index contributed by atoms with van der Waals surface area (Å²) >= 11 is 1.36. The molecule has 0 spiro atoms. The number of amides is 1. The van der Waals surface area contributed by atoms with Crippen molar-refractivity contribution < 1.29 is 27.4 Å². The predicted octanol–water partition coefficient (Wildman–Crippen LogP) is 4.10. The smallest absolute Gasteiger partial charge is 0.260 e. The largest absolute Gasteiger partial charge is 0.495 e. The van der Waals surface area contributed by atoms with E-state index in [-0.39, 0.29) is 16.9 Å². The van der Waals surface area contributed by atoms with Crippen LogP contribution in [0.4, 0.5) is 5.13 Å². The zero-order chi connectivity index (χ0) is 28.9. The van der Waals surface area contributed by atoms with Crippen molar-refractivity contribution in [1.29, 1.82) is 0 Å². The van der Waals surface area contributed by atoms with Crippen LogP contribution in [-0.4, -0.2) is 95.2 Å². The number of hydrogen-bond donors (Lipinski definition) is 0. The Morgan fingerprint density at radius 1 is 1.05 bits per heavy atom. The quantitative estimate of drug-likeness (QED) is 0.293. The van der Waals surface area contributed by atoms with E-state index >= 15 is 0 Å². The van der Waals surface area contributed by atoms with Gasteiger partial charge in [0.2, 0.25) is 10.0 Å². The maximum atomic E-state index is 13.9.